The summed E-state index contributed by atoms with van der Waals surface area (Å²) in [7, 11) is 1.46. The molecule has 3 N–H and O–H groups in total. The molecular formula is C24H19N5O5. The van der Waals surface area contributed by atoms with Crippen molar-refractivity contribution in [2.75, 3.05) is 12.4 Å². The number of methoxy groups -OCH3 is 1. The van der Waals surface area contributed by atoms with Gasteiger partial charge in [0.15, 0.2) is 5.82 Å². The quantitative estimate of drug-likeness (QED) is 0.398. The Morgan fingerprint density at radius 1 is 1.09 bits per heavy atom. The lowest BCUT2D eigenvalue weighted by Gasteiger charge is -2.12. The minimum atomic E-state index is -0.615. The third kappa shape index (κ3) is 3.77. The van der Waals surface area contributed by atoms with Crippen LogP contribution in [0, 0.1) is 6.92 Å². The van der Waals surface area contributed by atoms with Gasteiger partial charge in [-0.1, -0.05) is 5.16 Å². The summed E-state index contributed by atoms with van der Waals surface area (Å²) < 4.78 is 17.8. The molecule has 10 nitrogen and oxygen atoms in total. The summed E-state index contributed by atoms with van der Waals surface area (Å²) in [6, 6.07) is 13.3. The van der Waals surface area contributed by atoms with Crippen molar-refractivity contribution < 1.29 is 23.6 Å². The van der Waals surface area contributed by atoms with Crippen LogP contribution in [0.2, 0.25) is 0 Å². The Morgan fingerprint density at radius 2 is 1.94 bits per heavy atom. The zero-order chi connectivity index (χ0) is 23.8. The van der Waals surface area contributed by atoms with Gasteiger partial charge in [-0.15, -0.1) is 0 Å². The molecule has 0 bridgehead atoms. The molecule has 0 aliphatic carbocycles. The van der Waals surface area contributed by atoms with Crippen molar-refractivity contribution in [1.82, 2.24) is 14.7 Å². The third-order valence-corrected chi connectivity index (χ3v) is 5.26. The maximum absolute atomic E-state index is 12.6. The Hall–Kier alpha value is -4.86. The number of nitrogens with two attached hydrogens (primary N) is 1. The smallest absolute Gasteiger partial charge is 0.331 e. The van der Waals surface area contributed by atoms with Crippen molar-refractivity contribution in [2.24, 2.45) is 5.73 Å². The zero-order valence-corrected chi connectivity index (χ0v) is 18.2. The summed E-state index contributed by atoms with van der Waals surface area (Å²) in [4.78, 5) is 28.8. The monoisotopic (exact) mass is 457 g/mol. The third-order valence-electron chi connectivity index (χ3n) is 5.26. The van der Waals surface area contributed by atoms with E-state index in [1.54, 1.807) is 61.8 Å². The fourth-order valence-electron chi connectivity index (χ4n) is 3.68. The van der Waals surface area contributed by atoms with Crippen molar-refractivity contribution in [2.45, 2.75) is 6.92 Å². The number of carbonyl (C=O) groups is 2. The molecule has 170 valence electrons. The number of primary amides is 1. The minimum Gasteiger partial charge on any atom is -0.496 e. The number of aryl methyl sites for hydroxylation is 1. The minimum absolute atomic E-state index is 0.230. The number of nitrogens with one attached hydrogen (secondary N) is 1. The van der Waals surface area contributed by atoms with Gasteiger partial charge < -0.3 is 19.7 Å². The maximum atomic E-state index is 12.6. The zero-order valence-electron chi connectivity index (χ0n) is 18.2. The number of amides is 2. The standard InChI is InChI=1S/C24H19N5O5/c1-13-9-22(28-34-13)27-24(31)29-8-6-14-10-15(3-4-19(14)29)33-20-5-7-26-18-12-21(32-2)17(23(25)30)11-16(18)20/h3-12H,1-2H3,(H2,25,30)(H,27,28,31). The highest BCUT2D eigenvalue weighted by molar-refractivity contribution is 6.01. The number of rotatable bonds is 5. The molecule has 0 unspecified atom stereocenters. The average Bonchev–Trinajstić information content (AvgIpc) is 3.43. The predicted molar refractivity (Wildman–Crippen MR) is 124 cm³/mol. The van der Waals surface area contributed by atoms with Crippen LogP contribution in [-0.2, 0) is 0 Å². The van der Waals surface area contributed by atoms with Gasteiger partial charge in [-0.25, -0.2) is 4.79 Å². The first-order valence-corrected chi connectivity index (χ1v) is 10.2. The number of carbonyl (C=O) groups excluding carboxylic acids is 2. The van der Waals surface area contributed by atoms with Crippen LogP contribution in [0.4, 0.5) is 10.6 Å². The highest BCUT2D eigenvalue weighted by atomic mass is 16.5. The highest BCUT2D eigenvalue weighted by Gasteiger charge is 2.15. The molecule has 0 fully saturated rings. The first kappa shape index (κ1) is 21.0. The molecule has 3 heterocycles. The fourth-order valence-corrected chi connectivity index (χ4v) is 3.68. The molecule has 0 aliphatic rings. The van der Waals surface area contributed by atoms with E-state index in [4.69, 9.17) is 19.7 Å². The maximum Gasteiger partial charge on any atom is 0.331 e. The normalized spacial score (nSPS) is 11.0. The van der Waals surface area contributed by atoms with E-state index in [2.05, 4.69) is 15.5 Å². The van der Waals surface area contributed by atoms with Gasteiger partial charge >= 0.3 is 6.03 Å². The lowest BCUT2D eigenvalue weighted by Crippen LogP contribution is -2.18. The van der Waals surface area contributed by atoms with Gasteiger partial charge in [0.25, 0.3) is 5.91 Å². The summed E-state index contributed by atoms with van der Waals surface area (Å²) in [5, 5.41) is 7.87. The van der Waals surface area contributed by atoms with Crippen LogP contribution in [-0.4, -0.2) is 33.8 Å². The van der Waals surface area contributed by atoms with Crippen LogP contribution in [0.25, 0.3) is 21.8 Å². The molecule has 0 saturated carbocycles. The number of pyridine rings is 1. The molecule has 0 spiro atoms. The number of hydrogen-bond donors (Lipinski definition) is 2. The van der Waals surface area contributed by atoms with Crippen LogP contribution in [0.15, 0.2) is 65.4 Å². The summed E-state index contributed by atoms with van der Waals surface area (Å²) >= 11 is 0. The van der Waals surface area contributed by atoms with Gasteiger partial charge in [0.2, 0.25) is 0 Å². The van der Waals surface area contributed by atoms with E-state index in [-0.39, 0.29) is 11.6 Å². The van der Waals surface area contributed by atoms with E-state index in [0.717, 1.165) is 5.39 Å². The molecule has 5 aromatic rings. The highest BCUT2D eigenvalue weighted by Crippen LogP contribution is 2.34. The van der Waals surface area contributed by atoms with Gasteiger partial charge in [-0.2, -0.15) is 0 Å². The second-order valence-corrected chi connectivity index (χ2v) is 7.50. The van der Waals surface area contributed by atoms with E-state index >= 15 is 0 Å². The lowest BCUT2D eigenvalue weighted by atomic mass is 10.1. The first-order valence-electron chi connectivity index (χ1n) is 10.2. The van der Waals surface area contributed by atoms with Crippen LogP contribution in [0.3, 0.4) is 0 Å². The van der Waals surface area contributed by atoms with E-state index < -0.39 is 5.91 Å². The van der Waals surface area contributed by atoms with E-state index in [1.807, 2.05) is 6.07 Å². The Morgan fingerprint density at radius 3 is 2.68 bits per heavy atom. The van der Waals surface area contributed by atoms with Crippen LogP contribution < -0.4 is 20.5 Å². The molecule has 2 aromatic carbocycles. The van der Waals surface area contributed by atoms with Crippen LogP contribution in [0.5, 0.6) is 17.2 Å². The van der Waals surface area contributed by atoms with Gasteiger partial charge in [-0.05, 0) is 43.3 Å². The van der Waals surface area contributed by atoms with Crippen molar-refractivity contribution in [1.29, 1.82) is 0 Å². The van der Waals surface area contributed by atoms with E-state index in [1.165, 1.54) is 11.7 Å². The number of nitrogens with zero attached hydrogens (tertiary/aromatic N) is 3. The number of aromatic nitrogens is 3. The van der Waals surface area contributed by atoms with Crippen molar-refractivity contribution >= 4 is 39.6 Å². The predicted octanol–water partition coefficient (Wildman–Crippen LogP) is 4.47. The second-order valence-electron chi connectivity index (χ2n) is 7.50. The van der Waals surface area contributed by atoms with Gasteiger partial charge in [0.05, 0.1) is 23.7 Å². The largest absolute Gasteiger partial charge is 0.496 e. The Labute approximate surface area is 192 Å². The van der Waals surface area contributed by atoms with Crippen molar-refractivity contribution in [3.8, 4) is 17.2 Å². The first-order chi connectivity index (χ1) is 16.4. The number of fused-ring (bicyclic) bond motifs is 2. The lowest BCUT2D eigenvalue weighted by molar-refractivity contribution is 0.0997. The summed E-state index contributed by atoms with van der Waals surface area (Å²) in [6.07, 6.45) is 3.26. The van der Waals surface area contributed by atoms with Gasteiger partial charge in [-0.3, -0.25) is 19.7 Å². The Kier molecular flexibility index (Phi) is 5.09. The topological polar surface area (TPSA) is 134 Å². The molecule has 5 rings (SSSR count). The molecule has 34 heavy (non-hydrogen) atoms. The molecule has 10 heteroatoms. The molecule has 0 aliphatic heterocycles. The van der Waals surface area contributed by atoms with Crippen molar-refractivity contribution in [3.63, 3.8) is 0 Å². The number of anilines is 1. The summed E-state index contributed by atoms with van der Waals surface area (Å²) in [5.41, 5.74) is 7.00. The molecule has 2 amide bonds. The molecule has 0 atom stereocenters. The SMILES string of the molecule is COc1cc2nccc(Oc3ccc4c(ccn4C(=O)Nc4cc(C)on4)c3)c2cc1C(N)=O. The van der Waals surface area contributed by atoms with E-state index in [9.17, 15) is 9.59 Å². The number of ether oxygens (including phenoxy) is 2. The van der Waals surface area contributed by atoms with Crippen LogP contribution >= 0.6 is 0 Å². The molecule has 0 radical (unpaired) electrons. The van der Waals surface area contributed by atoms with Gasteiger partial charge in [0.1, 0.15) is 23.0 Å². The molecule has 3 aromatic heterocycles. The number of hydrogen-bond acceptors (Lipinski definition) is 7. The second kappa shape index (κ2) is 8.24. The average molecular weight is 457 g/mol. The van der Waals surface area contributed by atoms with Gasteiger partial charge in [0, 0.05) is 35.3 Å². The fraction of sp³-hybridized carbons (Fsp3) is 0.0833. The molecular weight excluding hydrogens is 438 g/mol. The molecule has 0 saturated heterocycles. The van der Waals surface area contributed by atoms with E-state index in [0.29, 0.717) is 45.2 Å². The Bertz CT molecular complexity index is 1570. The Balaban J connectivity index is 1.46. The van der Waals surface area contributed by atoms with Crippen LogP contribution in [0.1, 0.15) is 16.1 Å². The summed E-state index contributed by atoms with van der Waals surface area (Å²) in [5.74, 6) is 1.69. The summed E-state index contributed by atoms with van der Waals surface area (Å²) in [6.45, 7) is 1.74. The van der Waals surface area contributed by atoms with Crippen molar-refractivity contribution in [3.05, 3.63) is 72.2 Å². The number of benzene rings is 2.